The van der Waals surface area contributed by atoms with Crippen LogP contribution < -0.4 is 25.4 Å². The highest BCUT2D eigenvalue weighted by Gasteiger charge is 2.13. The van der Waals surface area contributed by atoms with Gasteiger partial charge in [-0.15, -0.1) is 0 Å². The summed E-state index contributed by atoms with van der Waals surface area (Å²) in [7, 11) is 0. The van der Waals surface area contributed by atoms with Crippen molar-refractivity contribution in [2.45, 2.75) is 6.54 Å². The summed E-state index contributed by atoms with van der Waals surface area (Å²) in [5, 5.41) is 18.9. The fraction of sp³-hybridized carbons (Fsp3) is 0.136. The number of phenols is 1. The fourth-order valence-corrected chi connectivity index (χ4v) is 3.07. The van der Waals surface area contributed by atoms with Gasteiger partial charge < -0.3 is 34.9 Å². The SMILES string of the molecule is Oc1ccc(Nc2nc(NCc3ccco3)nc(Nc3ccc4c(c3)OCCO4)n2)cc1. The van der Waals surface area contributed by atoms with Gasteiger partial charge in [-0.2, -0.15) is 15.0 Å². The number of rotatable bonds is 7. The Labute approximate surface area is 183 Å². The average molecular weight is 432 g/mol. The van der Waals surface area contributed by atoms with E-state index in [9.17, 15) is 5.11 Å². The van der Waals surface area contributed by atoms with E-state index in [-0.39, 0.29) is 5.75 Å². The van der Waals surface area contributed by atoms with Crippen molar-refractivity contribution in [2.24, 2.45) is 0 Å². The van der Waals surface area contributed by atoms with E-state index in [1.54, 1.807) is 30.5 Å². The lowest BCUT2D eigenvalue weighted by atomic mass is 10.2. The molecule has 5 rings (SSSR count). The van der Waals surface area contributed by atoms with Crippen LogP contribution >= 0.6 is 0 Å². The maximum atomic E-state index is 9.50. The smallest absolute Gasteiger partial charge is 0.233 e. The number of nitrogens with one attached hydrogen (secondary N) is 3. The fourth-order valence-electron chi connectivity index (χ4n) is 3.07. The second kappa shape index (κ2) is 8.72. The molecular weight excluding hydrogens is 412 g/mol. The van der Waals surface area contributed by atoms with Crippen LogP contribution in [0.5, 0.6) is 17.2 Å². The van der Waals surface area contributed by atoms with Gasteiger partial charge in [-0.3, -0.25) is 0 Å². The van der Waals surface area contributed by atoms with E-state index in [1.165, 1.54) is 0 Å². The summed E-state index contributed by atoms with van der Waals surface area (Å²) >= 11 is 0. The van der Waals surface area contributed by atoms with Crippen LogP contribution in [0.4, 0.5) is 29.2 Å². The largest absolute Gasteiger partial charge is 0.508 e. The molecule has 0 fully saturated rings. The lowest BCUT2D eigenvalue weighted by Gasteiger charge is -2.19. The van der Waals surface area contributed by atoms with Crippen LogP contribution in [-0.2, 0) is 6.54 Å². The van der Waals surface area contributed by atoms with Gasteiger partial charge >= 0.3 is 0 Å². The van der Waals surface area contributed by atoms with Crippen molar-refractivity contribution >= 4 is 29.2 Å². The lowest BCUT2D eigenvalue weighted by molar-refractivity contribution is 0.171. The standard InChI is InChI=1S/C22H20N6O4/c29-16-6-3-14(4-7-16)24-21-26-20(23-13-17-2-1-9-30-17)27-22(28-21)25-15-5-8-18-19(12-15)32-11-10-31-18/h1-9,12,29H,10-11,13H2,(H3,23,24,25,26,27,28). The molecule has 0 bridgehead atoms. The molecule has 0 saturated heterocycles. The minimum atomic E-state index is 0.174. The van der Waals surface area contributed by atoms with Crippen LogP contribution in [0.3, 0.4) is 0 Å². The maximum Gasteiger partial charge on any atom is 0.233 e. The molecule has 0 amide bonds. The molecule has 0 aliphatic carbocycles. The molecule has 0 atom stereocenters. The highest BCUT2D eigenvalue weighted by molar-refractivity contribution is 5.62. The van der Waals surface area contributed by atoms with Crippen LogP contribution in [0.15, 0.2) is 65.3 Å². The number of hydrogen-bond donors (Lipinski definition) is 4. The lowest BCUT2D eigenvalue weighted by Crippen LogP contribution is -2.15. The zero-order valence-corrected chi connectivity index (χ0v) is 16.9. The van der Waals surface area contributed by atoms with E-state index >= 15 is 0 Å². The number of fused-ring (bicyclic) bond motifs is 1. The van der Waals surface area contributed by atoms with Crippen molar-refractivity contribution in [3.8, 4) is 17.2 Å². The predicted octanol–water partition coefficient (Wildman–Crippen LogP) is 4.04. The summed E-state index contributed by atoms with van der Waals surface area (Å²) in [5.41, 5.74) is 1.46. The quantitative estimate of drug-likeness (QED) is 0.318. The summed E-state index contributed by atoms with van der Waals surface area (Å²) in [5.74, 6) is 3.31. The molecule has 4 aromatic rings. The van der Waals surface area contributed by atoms with Gasteiger partial charge in [0, 0.05) is 17.4 Å². The van der Waals surface area contributed by atoms with E-state index in [2.05, 4.69) is 30.9 Å². The topological polar surface area (TPSA) is 127 Å². The van der Waals surface area contributed by atoms with Gasteiger partial charge in [0.2, 0.25) is 17.8 Å². The molecule has 2 aromatic carbocycles. The Balaban J connectivity index is 1.40. The zero-order chi connectivity index (χ0) is 21.8. The van der Waals surface area contributed by atoms with Crippen LogP contribution in [0.1, 0.15) is 5.76 Å². The van der Waals surface area contributed by atoms with E-state index in [1.807, 2.05) is 30.3 Å². The average Bonchev–Trinajstić information content (AvgIpc) is 3.33. The number of ether oxygens (including phenoxy) is 2. The van der Waals surface area contributed by atoms with Gasteiger partial charge in [-0.25, -0.2) is 0 Å². The third kappa shape index (κ3) is 4.64. The number of anilines is 5. The molecule has 3 heterocycles. The van der Waals surface area contributed by atoms with E-state index in [0.717, 1.165) is 17.1 Å². The Kier molecular flexibility index (Phi) is 5.31. The third-order valence-corrected chi connectivity index (χ3v) is 4.56. The van der Waals surface area contributed by atoms with Crippen molar-refractivity contribution in [1.29, 1.82) is 0 Å². The van der Waals surface area contributed by atoms with Gasteiger partial charge in [0.05, 0.1) is 12.8 Å². The Hall–Kier alpha value is -4.47. The van der Waals surface area contributed by atoms with Crippen LogP contribution in [0, 0.1) is 0 Å². The number of aromatic hydroxyl groups is 1. The summed E-state index contributed by atoms with van der Waals surface area (Å²) in [6.45, 7) is 1.45. The number of benzene rings is 2. The van der Waals surface area contributed by atoms with Crippen molar-refractivity contribution < 1.29 is 19.0 Å². The van der Waals surface area contributed by atoms with Gasteiger partial charge in [0.25, 0.3) is 0 Å². The second-order valence-electron chi connectivity index (χ2n) is 6.89. The molecule has 0 unspecified atom stereocenters. The maximum absolute atomic E-state index is 9.50. The molecule has 162 valence electrons. The summed E-state index contributed by atoms with van der Waals surface area (Å²) in [6.07, 6.45) is 1.61. The monoisotopic (exact) mass is 432 g/mol. The first-order chi connectivity index (χ1) is 15.7. The van der Waals surface area contributed by atoms with Gasteiger partial charge in [0.15, 0.2) is 11.5 Å². The number of hydrogen-bond acceptors (Lipinski definition) is 10. The molecule has 1 aliphatic rings. The molecule has 10 heteroatoms. The molecule has 0 radical (unpaired) electrons. The molecule has 1 aliphatic heterocycles. The molecule has 10 nitrogen and oxygen atoms in total. The van der Waals surface area contributed by atoms with E-state index in [4.69, 9.17) is 13.9 Å². The van der Waals surface area contributed by atoms with Crippen molar-refractivity contribution in [3.05, 3.63) is 66.6 Å². The molecule has 2 aromatic heterocycles. The third-order valence-electron chi connectivity index (χ3n) is 4.56. The molecule has 32 heavy (non-hydrogen) atoms. The Morgan fingerprint density at radius 2 is 1.47 bits per heavy atom. The Bertz CT molecular complexity index is 1200. The first-order valence-corrected chi connectivity index (χ1v) is 9.96. The Morgan fingerprint density at radius 3 is 2.22 bits per heavy atom. The van der Waals surface area contributed by atoms with Crippen molar-refractivity contribution in [2.75, 3.05) is 29.2 Å². The zero-order valence-electron chi connectivity index (χ0n) is 16.9. The van der Waals surface area contributed by atoms with E-state index < -0.39 is 0 Å². The first-order valence-electron chi connectivity index (χ1n) is 9.96. The highest BCUT2D eigenvalue weighted by Crippen LogP contribution is 2.33. The highest BCUT2D eigenvalue weighted by atomic mass is 16.6. The molecular formula is C22H20N6O4. The van der Waals surface area contributed by atoms with E-state index in [0.29, 0.717) is 49.1 Å². The summed E-state index contributed by atoms with van der Waals surface area (Å²) in [4.78, 5) is 13.3. The van der Waals surface area contributed by atoms with Crippen LogP contribution in [0.25, 0.3) is 0 Å². The minimum Gasteiger partial charge on any atom is -0.508 e. The first kappa shape index (κ1) is 19.5. The Morgan fingerprint density at radius 1 is 0.781 bits per heavy atom. The van der Waals surface area contributed by atoms with Crippen LogP contribution in [0.2, 0.25) is 0 Å². The minimum absolute atomic E-state index is 0.174. The number of phenolic OH excluding ortho intramolecular Hbond substituents is 1. The van der Waals surface area contributed by atoms with Crippen molar-refractivity contribution in [1.82, 2.24) is 15.0 Å². The summed E-state index contributed by atoms with van der Waals surface area (Å²) in [6, 6.07) is 15.8. The second-order valence-corrected chi connectivity index (χ2v) is 6.89. The predicted molar refractivity (Wildman–Crippen MR) is 118 cm³/mol. The normalized spacial score (nSPS) is 12.2. The van der Waals surface area contributed by atoms with Gasteiger partial charge in [-0.05, 0) is 48.5 Å². The number of aromatic nitrogens is 3. The van der Waals surface area contributed by atoms with Gasteiger partial charge in [0.1, 0.15) is 24.7 Å². The van der Waals surface area contributed by atoms with Gasteiger partial charge in [-0.1, -0.05) is 0 Å². The molecule has 0 spiro atoms. The number of nitrogens with zero attached hydrogens (tertiary/aromatic N) is 3. The van der Waals surface area contributed by atoms with Crippen LogP contribution in [-0.4, -0.2) is 33.3 Å². The molecule has 0 saturated carbocycles. The summed E-state index contributed by atoms with van der Waals surface area (Å²) < 4.78 is 16.6. The van der Waals surface area contributed by atoms with Crippen molar-refractivity contribution in [3.63, 3.8) is 0 Å². The molecule has 4 N–H and O–H groups in total. The number of furan rings is 1.